The fourth-order valence-electron chi connectivity index (χ4n) is 2.47. The van der Waals surface area contributed by atoms with Crippen LogP contribution in [0.4, 0.5) is 0 Å². The molecule has 0 radical (unpaired) electrons. The maximum absolute atomic E-state index is 12.5. The molecule has 1 amide bonds. The van der Waals surface area contributed by atoms with Crippen LogP contribution in [0.15, 0.2) is 24.3 Å². The first kappa shape index (κ1) is 14.9. The molecule has 4 heteroatoms. The Morgan fingerprint density at radius 2 is 2.05 bits per heavy atom. The van der Waals surface area contributed by atoms with Gasteiger partial charge in [-0.1, -0.05) is 25.1 Å². The van der Waals surface area contributed by atoms with Gasteiger partial charge in [-0.15, -0.1) is 0 Å². The topological polar surface area (TPSA) is 55.6 Å². The normalized spacial score (nSPS) is 17.9. The molecule has 1 heterocycles. The Morgan fingerprint density at radius 1 is 1.40 bits per heavy atom. The summed E-state index contributed by atoms with van der Waals surface area (Å²) in [6.45, 7) is 5.46. The average Bonchev–Trinajstić information content (AvgIpc) is 2.46. The molecule has 0 spiro atoms. The number of benzene rings is 1. The summed E-state index contributed by atoms with van der Waals surface area (Å²) in [5.41, 5.74) is 6.93. The van der Waals surface area contributed by atoms with Crippen LogP contribution < -0.4 is 10.5 Å². The Kier molecular flexibility index (Phi) is 5.01. The van der Waals surface area contributed by atoms with Gasteiger partial charge in [0.25, 0.3) is 5.91 Å². The van der Waals surface area contributed by atoms with E-state index in [1.165, 1.54) is 0 Å². The van der Waals surface area contributed by atoms with E-state index < -0.39 is 6.10 Å². The number of nitrogens with zero attached hydrogens (tertiary/aromatic N) is 1. The number of aryl methyl sites for hydroxylation is 1. The molecule has 1 aromatic carbocycles. The van der Waals surface area contributed by atoms with E-state index in [4.69, 9.17) is 10.5 Å². The monoisotopic (exact) mass is 276 g/mol. The molecular formula is C16H24N2O2. The molecule has 1 aliphatic heterocycles. The zero-order chi connectivity index (χ0) is 14.5. The molecule has 1 atom stereocenters. The van der Waals surface area contributed by atoms with Gasteiger partial charge in [0, 0.05) is 19.1 Å². The minimum atomic E-state index is -0.398. The Bertz CT molecular complexity index is 454. The Morgan fingerprint density at radius 3 is 2.65 bits per heavy atom. The molecule has 0 saturated carbocycles. The number of amides is 1. The number of carbonyl (C=O) groups is 1. The Hall–Kier alpha value is -1.55. The van der Waals surface area contributed by atoms with E-state index in [-0.39, 0.29) is 11.9 Å². The molecule has 1 fully saturated rings. The van der Waals surface area contributed by atoms with Crippen molar-refractivity contribution in [3.63, 3.8) is 0 Å². The van der Waals surface area contributed by atoms with Crippen molar-refractivity contribution in [3.8, 4) is 5.75 Å². The van der Waals surface area contributed by atoms with Gasteiger partial charge < -0.3 is 15.4 Å². The average molecular weight is 276 g/mol. The Balaban J connectivity index is 2.01. The fourth-order valence-corrected chi connectivity index (χ4v) is 2.47. The van der Waals surface area contributed by atoms with Gasteiger partial charge in [-0.05, 0) is 37.8 Å². The van der Waals surface area contributed by atoms with E-state index in [1.54, 1.807) is 0 Å². The summed E-state index contributed by atoms with van der Waals surface area (Å²) >= 11 is 0. The van der Waals surface area contributed by atoms with Crippen molar-refractivity contribution in [1.29, 1.82) is 0 Å². The van der Waals surface area contributed by atoms with Crippen LogP contribution in [-0.2, 0) is 4.79 Å². The van der Waals surface area contributed by atoms with Gasteiger partial charge in [0.2, 0.25) is 0 Å². The molecule has 1 aromatic rings. The summed E-state index contributed by atoms with van der Waals surface area (Å²) in [6, 6.07) is 8.04. The van der Waals surface area contributed by atoms with E-state index in [0.717, 1.165) is 37.2 Å². The highest BCUT2D eigenvalue weighted by Crippen LogP contribution is 2.20. The lowest BCUT2D eigenvalue weighted by Crippen LogP contribution is -2.48. The zero-order valence-electron chi connectivity index (χ0n) is 12.3. The number of hydrogen-bond donors (Lipinski definition) is 1. The molecule has 0 aliphatic carbocycles. The van der Waals surface area contributed by atoms with Gasteiger partial charge in [0.05, 0.1) is 0 Å². The van der Waals surface area contributed by atoms with Crippen molar-refractivity contribution in [1.82, 2.24) is 4.90 Å². The third kappa shape index (κ3) is 3.51. The van der Waals surface area contributed by atoms with Gasteiger partial charge in [0.1, 0.15) is 5.75 Å². The van der Waals surface area contributed by atoms with E-state index in [2.05, 4.69) is 0 Å². The highest BCUT2D eigenvalue weighted by molar-refractivity contribution is 5.81. The first-order valence-electron chi connectivity index (χ1n) is 7.38. The van der Waals surface area contributed by atoms with Gasteiger partial charge in [-0.25, -0.2) is 0 Å². The van der Waals surface area contributed by atoms with Crippen LogP contribution in [-0.4, -0.2) is 36.0 Å². The summed E-state index contributed by atoms with van der Waals surface area (Å²) in [6.07, 6.45) is 2.04. The van der Waals surface area contributed by atoms with Crippen molar-refractivity contribution in [2.75, 3.05) is 13.1 Å². The quantitative estimate of drug-likeness (QED) is 0.916. The van der Waals surface area contributed by atoms with Crippen molar-refractivity contribution in [2.45, 2.75) is 45.3 Å². The summed E-state index contributed by atoms with van der Waals surface area (Å²) in [5.74, 6) is 0.879. The number of piperidine rings is 1. The number of rotatable bonds is 4. The highest BCUT2D eigenvalue weighted by atomic mass is 16.5. The fraction of sp³-hybridized carbons (Fsp3) is 0.562. The number of nitrogens with two attached hydrogens (primary N) is 1. The maximum atomic E-state index is 12.5. The van der Waals surface area contributed by atoms with Crippen LogP contribution in [0.5, 0.6) is 5.75 Å². The second kappa shape index (κ2) is 6.75. The summed E-state index contributed by atoms with van der Waals surface area (Å²) in [5, 5.41) is 0. The zero-order valence-corrected chi connectivity index (χ0v) is 12.3. The first-order chi connectivity index (χ1) is 9.61. The van der Waals surface area contributed by atoms with Crippen molar-refractivity contribution in [2.24, 2.45) is 5.73 Å². The molecule has 0 unspecified atom stereocenters. The molecule has 2 rings (SSSR count). The van der Waals surface area contributed by atoms with Crippen LogP contribution in [0.2, 0.25) is 0 Å². The number of ether oxygens (including phenoxy) is 1. The summed E-state index contributed by atoms with van der Waals surface area (Å²) in [4.78, 5) is 14.4. The number of hydrogen-bond acceptors (Lipinski definition) is 3. The molecular weight excluding hydrogens is 252 g/mol. The van der Waals surface area contributed by atoms with Gasteiger partial charge in [0.15, 0.2) is 6.10 Å². The van der Waals surface area contributed by atoms with Crippen LogP contribution in [0.25, 0.3) is 0 Å². The molecule has 1 aliphatic rings. The standard InChI is InChI=1S/C16H24N2O2/c1-3-14(20-15-7-5-4-6-12(15)2)16(19)18-10-8-13(17)9-11-18/h4-7,13-14H,3,8-11,17H2,1-2H3/t14-/m1/s1. The van der Waals surface area contributed by atoms with Crippen LogP contribution in [0.3, 0.4) is 0 Å². The van der Waals surface area contributed by atoms with Crippen LogP contribution in [0.1, 0.15) is 31.7 Å². The molecule has 20 heavy (non-hydrogen) atoms. The molecule has 0 aromatic heterocycles. The maximum Gasteiger partial charge on any atom is 0.263 e. The first-order valence-corrected chi connectivity index (χ1v) is 7.38. The number of likely N-dealkylation sites (tertiary alicyclic amines) is 1. The van der Waals surface area contributed by atoms with Crippen molar-refractivity contribution >= 4 is 5.91 Å². The van der Waals surface area contributed by atoms with Crippen LogP contribution >= 0.6 is 0 Å². The van der Waals surface area contributed by atoms with E-state index in [1.807, 2.05) is 43.0 Å². The van der Waals surface area contributed by atoms with Gasteiger partial charge in [-0.3, -0.25) is 4.79 Å². The van der Waals surface area contributed by atoms with Crippen molar-refractivity contribution in [3.05, 3.63) is 29.8 Å². The predicted molar refractivity (Wildman–Crippen MR) is 79.7 cm³/mol. The lowest BCUT2D eigenvalue weighted by atomic mass is 10.1. The minimum absolute atomic E-state index is 0.0858. The second-order valence-electron chi connectivity index (χ2n) is 5.44. The van der Waals surface area contributed by atoms with E-state index in [9.17, 15) is 4.79 Å². The predicted octanol–water partition coefficient (Wildman–Crippen LogP) is 2.10. The second-order valence-corrected chi connectivity index (χ2v) is 5.44. The van der Waals surface area contributed by atoms with Gasteiger partial charge >= 0.3 is 0 Å². The lowest BCUT2D eigenvalue weighted by Gasteiger charge is -2.32. The summed E-state index contributed by atoms with van der Waals surface area (Å²) < 4.78 is 5.91. The van der Waals surface area contributed by atoms with Crippen LogP contribution in [0, 0.1) is 6.92 Å². The molecule has 4 nitrogen and oxygen atoms in total. The molecule has 1 saturated heterocycles. The minimum Gasteiger partial charge on any atom is -0.480 e. The molecule has 2 N–H and O–H groups in total. The number of carbonyl (C=O) groups excluding carboxylic acids is 1. The Labute approximate surface area is 120 Å². The SMILES string of the molecule is CC[C@@H](Oc1ccccc1C)C(=O)N1CCC(N)CC1. The van der Waals surface area contributed by atoms with E-state index in [0.29, 0.717) is 6.42 Å². The lowest BCUT2D eigenvalue weighted by molar-refractivity contribution is -0.139. The van der Waals surface area contributed by atoms with Crippen molar-refractivity contribution < 1.29 is 9.53 Å². The molecule has 110 valence electrons. The highest BCUT2D eigenvalue weighted by Gasteiger charge is 2.27. The van der Waals surface area contributed by atoms with Gasteiger partial charge in [-0.2, -0.15) is 0 Å². The largest absolute Gasteiger partial charge is 0.480 e. The summed E-state index contributed by atoms with van der Waals surface area (Å²) in [7, 11) is 0. The third-order valence-corrected chi connectivity index (χ3v) is 3.86. The smallest absolute Gasteiger partial charge is 0.263 e. The van der Waals surface area contributed by atoms with E-state index >= 15 is 0 Å². The molecule has 0 bridgehead atoms. The number of para-hydroxylation sites is 1. The third-order valence-electron chi connectivity index (χ3n) is 3.86.